The van der Waals surface area contributed by atoms with E-state index in [0.29, 0.717) is 11.4 Å². The predicted octanol–water partition coefficient (Wildman–Crippen LogP) is 0.820. The van der Waals surface area contributed by atoms with Gasteiger partial charge < -0.3 is 14.7 Å². The van der Waals surface area contributed by atoms with Crippen molar-refractivity contribution in [2.75, 3.05) is 32.7 Å². The molecule has 1 atom stereocenters. The minimum atomic E-state index is -0.234. The van der Waals surface area contributed by atoms with Crippen molar-refractivity contribution in [3.05, 3.63) is 24.0 Å². The molecule has 0 radical (unpaired) electrons. The quantitative estimate of drug-likeness (QED) is 0.791. The zero-order valence-electron chi connectivity index (χ0n) is 11.4. The number of hydrogen-bond donors (Lipinski definition) is 2. The summed E-state index contributed by atoms with van der Waals surface area (Å²) in [6, 6.07) is 4.83. The van der Waals surface area contributed by atoms with E-state index >= 15 is 0 Å². The van der Waals surface area contributed by atoms with Crippen molar-refractivity contribution in [2.24, 2.45) is 0 Å². The van der Waals surface area contributed by atoms with E-state index < -0.39 is 0 Å². The lowest BCUT2D eigenvalue weighted by molar-refractivity contribution is 0.00781. The van der Waals surface area contributed by atoms with Gasteiger partial charge in [-0.1, -0.05) is 11.2 Å². The van der Waals surface area contributed by atoms with Crippen LogP contribution in [0.4, 0.5) is 0 Å². The van der Waals surface area contributed by atoms with E-state index in [4.69, 9.17) is 4.52 Å². The van der Waals surface area contributed by atoms with Gasteiger partial charge in [-0.3, -0.25) is 9.80 Å². The number of aromatic hydroxyl groups is 2. The van der Waals surface area contributed by atoms with Gasteiger partial charge in [-0.05, 0) is 12.1 Å². The zero-order chi connectivity index (χ0) is 14.4. The van der Waals surface area contributed by atoms with Crippen molar-refractivity contribution in [3.63, 3.8) is 0 Å². The number of hydrogen-bond acceptors (Lipinski definition) is 7. The van der Waals surface area contributed by atoms with E-state index in [1.165, 1.54) is 6.07 Å². The number of para-hydroxylation sites is 1. The molecule has 3 aliphatic heterocycles. The first-order chi connectivity index (χ1) is 10.2. The molecule has 110 valence electrons. The normalized spacial score (nSPS) is 27.9. The van der Waals surface area contributed by atoms with Gasteiger partial charge in [0, 0.05) is 32.7 Å². The van der Waals surface area contributed by atoms with Gasteiger partial charge in [-0.25, -0.2) is 0 Å². The summed E-state index contributed by atoms with van der Waals surface area (Å²) in [6.45, 7) is 5.13. The first-order valence-electron chi connectivity index (χ1n) is 7.04. The van der Waals surface area contributed by atoms with E-state index in [-0.39, 0.29) is 23.4 Å². The van der Waals surface area contributed by atoms with Gasteiger partial charge >= 0.3 is 0 Å². The van der Waals surface area contributed by atoms with Gasteiger partial charge in [0.2, 0.25) is 0 Å². The molecule has 4 heterocycles. The Balaban J connectivity index is 1.65. The Hall–Kier alpha value is -2.12. The molecule has 5 rings (SSSR count). The third-order valence-electron chi connectivity index (χ3n) is 4.26. The maximum absolute atomic E-state index is 9.88. The van der Waals surface area contributed by atoms with Crippen molar-refractivity contribution >= 4 is 0 Å². The maximum Gasteiger partial charge on any atom is 0.261 e. The molecule has 7 nitrogen and oxygen atoms in total. The number of benzene rings is 1. The summed E-state index contributed by atoms with van der Waals surface area (Å²) < 4.78 is 5.27. The first-order valence-corrected chi connectivity index (χ1v) is 7.04. The van der Waals surface area contributed by atoms with Crippen LogP contribution in [0.3, 0.4) is 0 Å². The largest absolute Gasteiger partial charge is 0.504 e. The summed E-state index contributed by atoms with van der Waals surface area (Å²) in [6.07, 6.45) is 0. The molecule has 7 heteroatoms. The second-order valence-electron chi connectivity index (χ2n) is 5.48. The Labute approximate surface area is 121 Å². The molecule has 3 aliphatic rings. The van der Waals surface area contributed by atoms with Gasteiger partial charge in [0.1, 0.15) is 0 Å². The van der Waals surface area contributed by atoms with Crippen molar-refractivity contribution < 1.29 is 14.7 Å². The summed E-state index contributed by atoms with van der Waals surface area (Å²) in [4.78, 5) is 9.16. The summed E-state index contributed by atoms with van der Waals surface area (Å²) in [5.41, 5.74) is 0.352. The van der Waals surface area contributed by atoms with Crippen molar-refractivity contribution in [3.8, 4) is 23.0 Å². The van der Waals surface area contributed by atoms with Crippen molar-refractivity contribution in [1.29, 1.82) is 0 Å². The summed E-state index contributed by atoms with van der Waals surface area (Å²) >= 11 is 0. The zero-order valence-corrected chi connectivity index (χ0v) is 11.4. The van der Waals surface area contributed by atoms with E-state index in [0.717, 1.165) is 32.7 Å². The molecule has 2 N–H and O–H groups in total. The highest BCUT2D eigenvalue weighted by Crippen LogP contribution is 2.36. The molecule has 21 heavy (non-hydrogen) atoms. The number of rotatable bonds is 2. The van der Waals surface area contributed by atoms with Crippen molar-refractivity contribution in [2.45, 2.75) is 6.04 Å². The lowest BCUT2D eigenvalue weighted by atomic mass is 10.1. The van der Waals surface area contributed by atoms with E-state index in [9.17, 15) is 10.2 Å². The van der Waals surface area contributed by atoms with E-state index in [2.05, 4.69) is 19.9 Å². The molecule has 3 fully saturated rings. The Morgan fingerprint density at radius 2 is 1.95 bits per heavy atom. The van der Waals surface area contributed by atoms with Gasteiger partial charge in [-0.15, -0.1) is 0 Å². The van der Waals surface area contributed by atoms with Crippen LogP contribution in [0.15, 0.2) is 22.7 Å². The molecule has 0 amide bonds. The maximum atomic E-state index is 9.88. The second kappa shape index (κ2) is 4.71. The van der Waals surface area contributed by atoms with Gasteiger partial charge in [-0.2, -0.15) is 4.98 Å². The summed E-state index contributed by atoms with van der Waals surface area (Å²) in [5, 5.41) is 23.5. The lowest BCUT2D eigenvalue weighted by Gasteiger charge is -2.46. The van der Waals surface area contributed by atoms with Crippen LogP contribution in [-0.2, 0) is 0 Å². The standard InChI is InChI=1S/C14H16N4O3/c19-11-3-1-2-9(12(11)20)14-15-13(16-21-14)10-8-17-4-6-18(10)7-5-17/h1-3,10,19-20H,4-8H2. The summed E-state index contributed by atoms with van der Waals surface area (Å²) in [5.74, 6) is 0.439. The molecule has 1 aromatic heterocycles. The summed E-state index contributed by atoms with van der Waals surface area (Å²) in [7, 11) is 0. The molecule has 0 saturated carbocycles. The predicted molar refractivity (Wildman–Crippen MR) is 73.8 cm³/mol. The number of phenolic OH excluding ortho intramolecular Hbond substituents is 2. The second-order valence-corrected chi connectivity index (χ2v) is 5.48. The van der Waals surface area contributed by atoms with Gasteiger partial charge in [0.25, 0.3) is 5.89 Å². The van der Waals surface area contributed by atoms with Crippen LogP contribution in [0.25, 0.3) is 11.5 Å². The SMILES string of the molecule is Oc1cccc(-c2nc(C3CN4CCN3CC4)no2)c1O. The average Bonchev–Trinajstić information content (AvgIpc) is 3.01. The third kappa shape index (κ3) is 2.05. The number of piperazine rings is 3. The Morgan fingerprint density at radius 3 is 2.67 bits per heavy atom. The molecule has 1 unspecified atom stereocenters. The Bertz CT molecular complexity index is 664. The van der Waals surface area contributed by atoms with Gasteiger partial charge in [0.15, 0.2) is 17.3 Å². The highest BCUT2D eigenvalue weighted by Gasteiger charge is 2.35. The molecule has 3 saturated heterocycles. The first kappa shape index (κ1) is 12.6. The molecule has 1 aromatic carbocycles. The van der Waals surface area contributed by atoms with Crippen LogP contribution in [-0.4, -0.2) is 62.9 Å². The van der Waals surface area contributed by atoms with Crippen LogP contribution < -0.4 is 0 Å². The minimum absolute atomic E-state index is 0.143. The molecular formula is C14H16N4O3. The fourth-order valence-electron chi connectivity index (χ4n) is 3.05. The highest BCUT2D eigenvalue weighted by molar-refractivity contribution is 5.66. The minimum Gasteiger partial charge on any atom is -0.504 e. The molecule has 0 spiro atoms. The van der Waals surface area contributed by atoms with Crippen LogP contribution in [0.5, 0.6) is 11.5 Å². The number of fused-ring (bicyclic) bond motifs is 3. The van der Waals surface area contributed by atoms with Crippen molar-refractivity contribution in [1.82, 2.24) is 19.9 Å². The molecule has 2 bridgehead atoms. The van der Waals surface area contributed by atoms with Crippen LogP contribution in [0.2, 0.25) is 0 Å². The van der Waals surface area contributed by atoms with Crippen LogP contribution in [0, 0.1) is 0 Å². The molecule has 0 aliphatic carbocycles. The van der Waals surface area contributed by atoms with Crippen LogP contribution >= 0.6 is 0 Å². The molecular weight excluding hydrogens is 272 g/mol. The fraction of sp³-hybridized carbons (Fsp3) is 0.429. The number of phenols is 2. The number of aromatic nitrogens is 2. The molecule has 2 aromatic rings. The Morgan fingerprint density at radius 1 is 1.14 bits per heavy atom. The Kier molecular flexibility index (Phi) is 2.83. The van der Waals surface area contributed by atoms with Gasteiger partial charge in [0.05, 0.1) is 11.6 Å². The lowest BCUT2D eigenvalue weighted by Crippen LogP contribution is -2.57. The topological polar surface area (TPSA) is 85.9 Å². The average molecular weight is 288 g/mol. The highest BCUT2D eigenvalue weighted by atomic mass is 16.5. The third-order valence-corrected chi connectivity index (χ3v) is 4.26. The van der Waals surface area contributed by atoms with E-state index in [1.807, 2.05) is 0 Å². The number of nitrogens with zero attached hydrogens (tertiary/aromatic N) is 4. The van der Waals surface area contributed by atoms with Crippen LogP contribution in [0.1, 0.15) is 11.9 Å². The smallest absolute Gasteiger partial charge is 0.261 e. The van der Waals surface area contributed by atoms with E-state index in [1.54, 1.807) is 12.1 Å². The fourth-order valence-corrected chi connectivity index (χ4v) is 3.05. The monoisotopic (exact) mass is 288 g/mol.